The zero-order chi connectivity index (χ0) is 12.3. The topological polar surface area (TPSA) is 30.5 Å². The molecular weight excluding hydrogens is 221 g/mol. The van der Waals surface area contributed by atoms with Crippen molar-refractivity contribution in [2.75, 3.05) is 19.0 Å². The first-order chi connectivity index (χ1) is 8.22. The molecule has 94 valence electrons. The average molecular weight is 239 g/mol. The van der Waals surface area contributed by atoms with E-state index in [0.717, 1.165) is 25.1 Å². The highest BCUT2D eigenvalue weighted by Gasteiger charge is 2.29. The molecule has 0 unspecified atom stereocenters. The van der Waals surface area contributed by atoms with Crippen LogP contribution in [-0.4, -0.2) is 25.9 Å². The predicted octanol–water partition coefficient (Wildman–Crippen LogP) is 2.81. The van der Waals surface area contributed by atoms with Crippen molar-refractivity contribution in [2.45, 2.75) is 31.9 Å². The zero-order valence-corrected chi connectivity index (χ0v) is 10.2. The Morgan fingerprint density at radius 1 is 1.41 bits per heavy atom. The second-order valence-corrected chi connectivity index (χ2v) is 4.24. The smallest absolute Gasteiger partial charge is 0.165 e. The Morgan fingerprint density at radius 2 is 2.18 bits per heavy atom. The summed E-state index contributed by atoms with van der Waals surface area (Å²) in [5, 5.41) is 3.34. The fourth-order valence-corrected chi connectivity index (χ4v) is 2.04. The fraction of sp³-hybridized carbons (Fsp3) is 0.538. The number of ether oxygens (including phenoxy) is 2. The van der Waals surface area contributed by atoms with E-state index < -0.39 is 0 Å². The molecule has 0 heterocycles. The molecule has 1 saturated carbocycles. The summed E-state index contributed by atoms with van der Waals surface area (Å²) in [5.41, 5.74) is 0.892. The fourth-order valence-electron chi connectivity index (χ4n) is 2.04. The highest BCUT2D eigenvalue weighted by Crippen LogP contribution is 2.28. The van der Waals surface area contributed by atoms with E-state index in [2.05, 4.69) is 5.32 Å². The van der Waals surface area contributed by atoms with E-state index in [1.165, 1.54) is 13.2 Å². The maximum atomic E-state index is 13.2. The summed E-state index contributed by atoms with van der Waals surface area (Å²) in [4.78, 5) is 0. The third-order valence-corrected chi connectivity index (χ3v) is 3.02. The number of hydrogen-bond acceptors (Lipinski definition) is 3. The largest absolute Gasteiger partial charge is 0.494 e. The Kier molecular flexibility index (Phi) is 3.84. The van der Waals surface area contributed by atoms with Crippen LogP contribution in [0.4, 0.5) is 10.1 Å². The van der Waals surface area contributed by atoms with Crippen LogP contribution >= 0.6 is 0 Å². The number of halogens is 1. The van der Waals surface area contributed by atoms with Gasteiger partial charge in [-0.2, -0.15) is 0 Å². The molecule has 0 radical (unpaired) electrons. The minimum atomic E-state index is -0.334. The third kappa shape index (κ3) is 2.88. The molecule has 4 heteroatoms. The summed E-state index contributed by atoms with van der Waals surface area (Å²) in [6, 6.07) is 5.25. The highest BCUT2D eigenvalue weighted by molar-refractivity contribution is 5.49. The van der Waals surface area contributed by atoms with Gasteiger partial charge in [0.05, 0.1) is 13.2 Å². The SMILES string of the molecule is CCOC1CC(Nc2ccc(F)c(OC)c2)C1. The van der Waals surface area contributed by atoms with E-state index in [9.17, 15) is 4.39 Å². The summed E-state index contributed by atoms with van der Waals surface area (Å²) in [7, 11) is 1.47. The van der Waals surface area contributed by atoms with Gasteiger partial charge in [-0.25, -0.2) is 4.39 Å². The van der Waals surface area contributed by atoms with Gasteiger partial charge in [0.25, 0.3) is 0 Å². The number of hydrogen-bond donors (Lipinski definition) is 1. The molecule has 1 N–H and O–H groups in total. The van der Waals surface area contributed by atoms with Gasteiger partial charge in [0.15, 0.2) is 11.6 Å². The van der Waals surface area contributed by atoms with Crippen LogP contribution in [0.2, 0.25) is 0 Å². The van der Waals surface area contributed by atoms with Crippen molar-refractivity contribution in [3.8, 4) is 5.75 Å². The van der Waals surface area contributed by atoms with Crippen LogP contribution in [0.25, 0.3) is 0 Å². The van der Waals surface area contributed by atoms with Crippen molar-refractivity contribution in [1.82, 2.24) is 0 Å². The van der Waals surface area contributed by atoms with Crippen molar-refractivity contribution >= 4 is 5.69 Å². The molecule has 1 aromatic carbocycles. The Balaban J connectivity index is 1.88. The summed E-state index contributed by atoms with van der Waals surface area (Å²) in [5.74, 6) is -0.0606. The standard InChI is InChI=1S/C13H18FNO2/c1-3-17-11-6-10(7-11)15-9-4-5-12(14)13(8-9)16-2/h4-5,8,10-11,15H,3,6-7H2,1-2H3. The van der Waals surface area contributed by atoms with E-state index in [-0.39, 0.29) is 11.6 Å². The normalized spacial score (nSPS) is 23.0. The molecule has 0 spiro atoms. The van der Waals surface area contributed by atoms with Gasteiger partial charge in [-0.1, -0.05) is 0 Å². The lowest BCUT2D eigenvalue weighted by molar-refractivity contribution is 0.00299. The molecule has 1 aliphatic rings. The molecule has 0 aliphatic heterocycles. The van der Waals surface area contributed by atoms with Crippen LogP contribution < -0.4 is 10.1 Å². The van der Waals surface area contributed by atoms with Crippen molar-refractivity contribution in [3.63, 3.8) is 0 Å². The van der Waals surface area contributed by atoms with E-state index >= 15 is 0 Å². The van der Waals surface area contributed by atoms with E-state index in [4.69, 9.17) is 9.47 Å². The number of benzene rings is 1. The Bertz CT molecular complexity index is 378. The molecule has 17 heavy (non-hydrogen) atoms. The molecule has 0 amide bonds. The Morgan fingerprint density at radius 3 is 2.82 bits per heavy atom. The van der Waals surface area contributed by atoms with Crippen LogP contribution in [0.1, 0.15) is 19.8 Å². The van der Waals surface area contributed by atoms with Crippen LogP contribution in [0.3, 0.4) is 0 Å². The van der Waals surface area contributed by atoms with Crippen molar-refractivity contribution in [2.24, 2.45) is 0 Å². The Hall–Kier alpha value is -1.29. The molecular formula is C13H18FNO2. The van der Waals surface area contributed by atoms with Gasteiger partial charge >= 0.3 is 0 Å². The molecule has 0 saturated heterocycles. The van der Waals surface area contributed by atoms with Crippen molar-refractivity contribution in [3.05, 3.63) is 24.0 Å². The van der Waals surface area contributed by atoms with Gasteiger partial charge in [-0.15, -0.1) is 0 Å². The Labute approximate surface area is 101 Å². The molecule has 1 fully saturated rings. The number of methoxy groups -OCH3 is 1. The van der Waals surface area contributed by atoms with Gasteiger partial charge in [-0.05, 0) is 31.9 Å². The van der Waals surface area contributed by atoms with Crippen LogP contribution in [0, 0.1) is 5.82 Å². The van der Waals surface area contributed by atoms with E-state index in [1.807, 2.05) is 6.92 Å². The average Bonchev–Trinajstić information content (AvgIpc) is 2.28. The van der Waals surface area contributed by atoms with Gasteiger partial charge in [0.1, 0.15) is 0 Å². The summed E-state index contributed by atoms with van der Waals surface area (Å²) < 4.78 is 23.6. The lowest BCUT2D eigenvalue weighted by atomic mass is 9.89. The van der Waals surface area contributed by atoms with Crippen molar-refractivity contribution in [1.29, 1.82) is 0 Å². The first kappa shape index (κ1) is 12.2. The minimum absolute atomic E-state index is 0.274. The number of nitrogens with one attached hydrogen (secondary N) is 1. The van der Waals surface area contributed by atoms with Gasteiger partial charge in [0, 0.05) is 24.4 Å². The first-order valence-corrected chi connectivity index (χ1v) is 5.94. The van der Waals surface area contributed by atoms with Crippen LogP contribution in [0.5, 0.6) is 5.75 Å². The number of anilines is 1. The second kappa shape index (κ2) is 5.36. The predicted molar refractivity (Wildman–Crippen MR) is 65.0 cm³/mol. The lowest BCUT2D eigenvalue weighted by Crippen LogP contribution is -2.40. The number of rotatable bonds is 5. The van der Waals surface area contributed by atoms with E-state index in [1.54, 1.807) is 12.1 Å². The minimum Gasteiger partial charge on any atom is -0.494 e. The van der Waals surface area contributed by atoms with Crippen LogP contribution in [-0.2, 0) is 4.74 Å². The molecule has 0 bridgehead atoms. The third-order valence-electron chi connectivity index (χ3n) is 3.02. The van der Waals surface area contributed by atoms with Gasteiger partial charge < -0.3 is 14.8 Å². The second-order valence-electron chi connectivity index (χ2n) is 4.24. The summed E-state index contributed by atoms with van der Waals surface area (Å²) in [6.07, 6.45) is 2.39. The zero-order valence-electron chi connectivity index (χ0n) is 10.2. The molecule has 1 aliphatic carbocycles. The summed E-state index contributed by atoms with van der Waals surface area (Å²) in [6.45, 7) is 2.77. The molecule has 1 aromatic rings. The first-order valence-electron chi connectivity index (χ1n) is 5.94. The lowest BCUT2D eigenvalue weighted by Gasteiger charge is -2.36. The molecule has 2 rings (SSSR count). The van der Waals surface area contributed by atoms with Gasteiger partial charge in [0.2, 0.25) is 0 Å². The molecule has 0 atom stereocenters. The monoisotopic (exact) mass is 239 g/mol. The maximum absolute atomic E-state index is 13.2. The summed E-state index contributed by atoms with van der Waals surface area (Å²) >= 11 is 0. The van der Waals surface area contributed by atoms with Crippen LogP contribution in [0.15, 0.2) is 18.2 Å². The maximum Gasteiger partial charge on any atom is 0.165 e. The molecule has 3 nitrogen and oxygen atoms in total. The van der Waals surface area contributed by atoms with Gasteiger partial charge in [-0.3, -0.25) is 0 Å². The highest BCUT2D eigenvalue weighted by atomic mass is 19.1. The quantitative estimate of drug-likeness (QED) is 0.857. The van der Waals surface area contributed by atoms with E-state index in [0.29, 0.717) is 12.1 Å². The molecule has 0 aromatic heterocycles. The van der Waals surface area contributed by atoms with Crippen molar-refractivity contribution < 1.29 is 13.9 Å².